The van der Waals surface area contributed by atoms with Crippen molar-refractivity contribution in [2.45, 2.75) is 13.5 Å². The molecule has 0 saturated carbocycles. The Balaban J connectivity index is 1.24. The summed E-state index contributed by atoms with van der Waals surface area (Å²) in [6.45, 7) is 6.41. The molecule has 0 radical (unpaired) electrons. The van der Waals surface area contributed by atoms with Crippen LogP contribution in [-0.2, 0) is 11.3 Å². The number of carbonyl (C=O) groups excluding carboxylic acids is 1. The molecular weight excluding hydrogens is 435 g/mol. The van der Waals surface area contributed by atoms with Gasteiger partial charge in [0.05, 0.1) is 17.3 Å². The van der Waals surface area contributed by atoms with E-state index in [4.69, 9.17) is 11.6 Å². The Labute approximate surface area is 190 Å². The molecule has 0 spiro atoms. The van der Waals surface area contributed by atoms with E-state index in [2.05, 4.69) is 39.2 Å². The molecule has 0 bridgehead atoms. The lowest BCUT2D eigenvalue weighted by Gasteiger charge is -2.34. The molecule has 31 heavy (non-hydrogen) atoms. The molecule has 1 N–H and O–H groups in total. The second-order valence-electron chi connectivity index (χ2n) is 7.75. The lowest BCUT2D eigenvalue weighted by molar-refractivity contribution is -0.117. The number of thiazole rings is 1. The largest absolute Gasteiger partial charge is 0.301 e. The monoisotopic (exact) mass is 458 g/mol. The first-order chi connectivity index (χ1) is 15.0. The van der Waals surface area contributed by atoms with Gasteiger partial charge in [-0.2, -0.15) is 0 Å². The molecule has 1 saturated heterocycles. The standard InChI is InChI=1S/C23H24ClFN4OS/c1-16-2-5-18(6-3-16)21-15-31-23(26-21)27-22(30)14-29-10-8-28(9-11-29)13-17-4-7-20(25)19(24)12-17/h2-7,12,15H,8-11,13-14H2,1H3,(H,26,27,30). The van der Waals surface area contributed by atoms with Crippen LogP contribution in [0.3, 0.4) is 0 Å². The zero-order chi connectivity index (χ0) is 21.8. The van der Waals surface area contributed by atoms with E-state index in [1.165, 1.54) is 23.0 Å². The number of benzene rings is 2. The van der Waals surface area contributed by atoms with Crippen LogP contribution in [0.4, 0.5) is 9.52 Å². The SMILES string of the molecule is Cc1ccc(-c2csc(NC(=O)CN3CCN(Cc4ccc(F)c(Cl)c4)CC3)n2)cc1. The number of hydrogen-bond donors (Lipinski definition) is 1. The van der Waals surface area contributed by atoms with Gasteiger partial charge in [0, 0.05) is 43.7 Å². The van der Waals surface area contributed by atoms with Gasteiger partial charge in [-0.25, -0.2) is 9.37 Å². The molecule has 0 unspecified atom stereocenters. The summed E-state index contributed by atoms with van der Waals surface area (Å²) in [4.78, 5) is 21.4. The lowest BCUT2D eigenvalue weighted by atomic mass is 10.1. The Morgan fingerprint density at radius 1 is 1.13 bits per heavy atom. The smallest absolute Gasteiger partial charge is 0.240 e. The van der Waals surface area contributed by atoms with E-state index >= 15 is 0 Å². The fourth-order valence-corrected chi connectivity index (χ4v) is 4.49. The van der Waals surface area contributed by atoms with Crippen LogP contribution in [0.15, 0.2) is 47.8 Å². The highest BCUT2D eigenvalue weighted by molar-refractivity contribution is 7.14. The van der Waals surface area contributed by atoms with Crippen molar-refractivity contribution in [3.05, 3.63) is 69.8 Å². The maximum atomic E-state index is 13.3. The van der Waals surface area contributed by atoms with Crippen LogP contribution in [0.2, 0.25) is 5.02 Å². The van der Waals surface area contributed by atoms with Gasteiger partial charge in [-0.3, -0.25) is 14.6 Å². The summed E-state index contributed by atoms with van der Waals surface area (Å²) in [6, 6.07) is 13.0. The number of rotatable bonds is 6. The van der Waals surface area contributed by atoms with Gasteiger partial charge in [0.25, 0.3) is 0 Å². The lowest BCUT2D eigenvalue weighted by Crippen LogP contribution is -2.48. The van der Waals surface area contributed by atoms with Crippen LogP contribution in [0.5, 0.6) is 0 Å². The molecule has 1 fully saturated rings. The molecule has 1 aliphatic rings. The third-order valence-corrected chi connectivity index (χ3v) is 6.37. The van der Waals surface area contributed by atoms with Gasteiger partial charge in [0.15, 0.2) is 5.13 Å². The first-order valence-corrected chi connectivity index (χ1v) is 11.4. The number of anilines is 1. The fraction of sp³-hybridized carbons (Fsp3) is 0.304. The van der Waals surface area contributed by atoms with Crippen molar-refractivity contribution in [3.8, 4) is 11.3 Å². The highest BCUT2D eigenvalue weighted by Crippen LogP contribution is 2.25. The maximum Gasteiger partial charge on any atom is 0.240 e. The third kappa shape index (κ3) is 5.89. The minimum Gasteiger partial charge on any atom is -0.301 e. The highest BCUT2D eigenvalue weighted by atomic mass is 35.5. The summed E-state index contributed by atoms with van der Waals surface area (Å²) in [5.41, 5.74) is 4.11. The number of aromatic nitrogens is 1. The van der Waals surface area contributed by atoms with E-state index in [0.29, 0.717) is 11.7 Å². The Morgan fingerprint density at radius 3 is 2.55 bits per heavy atom. The first-order valence-electron chi connectivity index (χ1n) is 10.2. The topological polar surface area (TPSA) is 48.5 Å². The second-order valence-corrected chi connectivity index (χ2v) is 9.02. The van der Waals surface area contributed by atoms with Crippen molar-refractivity contribution in [3.63, 3.8) is 0 Å². The third-order valence-electron chi connectivity index (χ3n) is 5.32. The van der Waals surface area contributed by atoms with Gasteiger partial charge >= 0.3 is 0 Å². The number of nitrogens with one attached hydrogen (secondary N) is 1. The molecule has 0 aliphatic carbocycles. The number of amides is 1. The quantitative estimate of drug-likeness (QED) is 0.583. The van der Waals surface area contributed by atoms with E-state index in [9.17, 15) is 9.18 Å². The summed E-state index contributed by atoms with van der Waals surface area (Å²) in [6.07, 6.45) is 0. The highest BCUT2D eigenvalue weighted by Gasteiger charge is 2.20. The summed E-state index contributed by atoms with van der Waals surface area (Å²) in [5, 5.41) is 5.65. The summed E-state index contributed by atoms with van der Waals surface area (Å²) in [5.74, 6) is -0.448. The van der Waals surface area contributed by atoms with E-state index in [1.54, 1.807) is 12.1 Å². The van der Waals surface area contributed by atoms with Crippen LogP contribution >= 0.6 is 22.9 Å². The molecule has 162 valence electrons. The van der Waals surface area contributed by atoms with Crippen LogP contribution < -0.4 is 5.32 Å². The second kappa shape index (κ2) is 9.87. The molecule has 4 rings (SSSR count). The van der Waals surface area contributed by atoms with Gasteiger partial charge in [0.2, 0.25) is 5.91 Å². The normalized spacial score (nSPS) is 15.2. The van der Waals surface area contributed by atoms with Crippen molar-refractivity contribution in [1.29, 1.82) is 0 Å². The molecule has 3 aromatic rings. The number of nitrogens with zero attached hydrogens (tertiary/aromatic N) is 3. The van der Waals surface area contributed by atoms with Gasteiger partial charge in [0.1, 0.15) is 5.82 Å². The molecule has 0 atom stereocenters. The van der Waals surface area contributed by atoms with E-state index in [-0.39, 0.29) is 10.9 Å². The van der Waals surface area contributed by atoms with Gasteiger partial charge in [-0.05, 0) is 24.6 Å². The number of halogens is 2. The van der Waals surface area contributed by atoms with Crippen molar-refractivity contribution in [2.24, 2.45) is 0 Å². The summed E-state index contributed by atoms with van der Waals surface area (Å²) < 4.78 is 13.3. The zero-order valence-electron chi connectivity index (χ0n) is 17.3. The average molecular weight is 459 g/mol. The van der Waals surface area contributed by atoms with Crippen LogP contribution in [0, 0.1) is 12.7 Å². The predicted octanol–water partition coefficient (Wildman–Crippen LogP) is 4.67. The van der Waals surface area contributed by atoms with Gasteiger partial charge in [-0.1, -0.05) is 47.5 Å². The number of hydrogen-bond acceptors (Lipinski definition) is 5. The first kappa shape index (κ1) is 21.9. The molecule has 5 nitrogen and oxygen atoms in total. The molecule has 2 aromatic carbocycles. The number of aryl methyl sites for hydroxylation is 1. The Bertz CT molecular complexity index is 1050. The zero-order valence-corrected chi connectivity index (χ0v) is 18.8. The summed E-state index contributed by atoms with van der Waals surface area (Å²) in [7, 11) is 0. The predicted molar refractivity (Wildman–Crippen MR) is 124 cm³/mol. The minimum atomic E-state index is -0.396. The van der Waals surface area contributed by atoms with E-state index in [1.807, 2.05) is 17.5 Å². The van der Waals surface area contributed by atoms with Gasteiger partial charge in [-0.15, -0.1) is 11.3 Å². The van der Waals surface area contributed by atoms with Crippen molar-refractivity contribution in [1.82, 2.24) is 14.8 Å². The molecule has 2 heterocycles. The molecule has 1 aromatic heterocycles. The average Bonchev–Trinajstić information content (AvgIpc) is 3.21. The van der Waals surface area contributed by atoms with Crippen molar-refractivity contribution >= 4 is 34.0 Å². The molecule has 8 heteroatoms. The molecule has 1 amide bonds. The van der Waals surface area contributed by atoms with Crippen LogP contribution in [0.1, 0.15) is 11.1 Å². The maximum absolute atomic E-state index is 13.3. The van der Waals surface area contributed by atoms with Crippen LogP contribution in [0.25, 0.3) is 11.3 Å². The van der Waals surface area contributed by atoms with E-state index < -0.39 is 5.82 Å². The fourth-order valence-electron chi connectivity index (χ4n) is 3.55. The van der Waals surface area contributed by atoms with Crippen molar-refractivity contribution < 1.29 is 9.18 Å². The number of piperazine rings is 1. The minimum absolute atomic E-state index is 0.0522. The van der Waals surface area contributed by atoms with E-state index in [0.717, 1.165) is 49.5 Å². The van der Waals surface area contributed by atoms with Gasteiger partial charge < -0.3 is 5.32 Å². The Hall–Kier alpha value is -2.32. The number of carbonyl (C=O) groups is 1. The summed E-state index contributed by atoms with van der Waals surface area (Å²) >= 11 is 7.31. The van der Waals surface area contributed by atoms with Crippen molar-refractivity contribution in [2.75, 3.05) is 38.0 Å². The Morgan fingerprint density at radius 2 is 1.84 bits per heavy atom. The molecule has 1 aliphatic heterocycles. The van der Waals surface area contributed by atoms with Crippen LogP contribution in [-0.4, -0.2) is 53.4 Å². The molecular formula is C23H24ClFN4OS. The Kier molecular flexibility index (Phi) is 6.97.